The number of halogens is 1. The first kappa shape index (κ1) is 21.5. The fraction of sp³-hybridized carbons (Fsp3) is 0.632. The monoisotopic (exact) mass is 517 g/mol. The number of nitrogens with zero attached hydrogens (tertiary/aromatic N) is 5. The van der Waals surface area contributed by atoms with Gasteiger partial charge in [-0.05, 0) is 46.1 Å². The molecule has 0 N–H and O–H groups in total. The summed E-state index contributed by atoms with van der Waals surface area (Å²) in [5.41, 5.74) is 0.441. The van der Waals surface area contributed by atoms with Crippen molar-refractivity contribution in [3.05, 3.63) is 18.6 Å². The van der Waals surface area contributed by atoms with Gasteiger partial charge in [-0.2, -0.15) is 0 Å². The Hall–Kier alpha value is -1.23. The smallest absolute Gasteiger partial charge is 0.410 e. The highest BCUT2D eigenvalue weighted by molar-refractivity contribution is 14.2. The highest BCUT2D eigenvalue weighted by Crippen LogP contribution is 2.31. The zero-order valence-electron chi connectivity index (χ0n) is 16.9. The normalized spacial score (nSPS) is 17.8. The Morgan fingerprint density at radius 3 is 2.89 bits per heavy atom. The SMILES string of the molecule is CCCN(c1ncnc2c1ccn2SI)C1CCCN(C(=O)OC(C)(C)C)C1. The number of hydrogen-bond donors (Lipinski definition) is 0. The number of likely N-dealkylation sites (tertiary alicyclic amines) is 1. The van der Waals surface area contributed by atoms with Crippen molar-refractivity contribution in [1.82, 2.24) is 18.8 Å². The topological polar surface area (TPSA) is 63.5 Å². The van der Waals surface area contributed by atoms with Crippen LogP contribution in [0.25, 0.3) is 11.0 Å². The van der Waals surface area contributed by atoms with E-state index < -0.39 is 5.60 Å². The fourth-order valence-electron chi connectivity index (χ4n) is 3.60. The highest BCUT2D eigenvalue weighted by Gasteiger charge is 2.31. The van der Waals surface area contributed by atoms with E-state index in [9.17, 15) is 4.79 Å². The van der Waals surface area contributed by atoms with Gasteiger partial charge in [0.25, 0.3) is 0 Å². The molecule has 1 fully saturated rings. The second-order valence-corrected chi connectivity index (χ2v) is 9.77. The maximum atomic E-state index is 12.6. The number of carbonyl (C=O) groups excluding carboxylic acids is 1. The molecule has 3 heterocycles. The number of rotatable bonds is 5. The van der Waals surface area contributed by atoms with Crippen molar-refractivity contribution >= 4 is 53.3 Å². The minimum absolute atomic E-state index is 0.218. The van der Waals surface area contributed by atoms with Crippen LogP contribution in [0.5, 0.6) is 0 Å². The van der Waals surface area contributed by atoms with Crippen LogP contribution in [-0.4, -0.2) is 56.2 Å². The first-order chi connectivity index (χ1) is 13.3. The summed E-state index contributed by atoms with van der Waals surface area (Å²) in [6.45, 7) is 10.2. The van der Waals surface area contributed by atoms with Gasteiger partial charge < -0.3 is 14.5 Å². The van der Waals surface area contributed by atoms with Crippen molar-refractivity contribution in [1.29, 1.82) is 0 Å². The van der Waals surface area contributed by atoms with Crippen molar-refractivity contribution in [2.24, 2.45) is 0 Å². The van der Waals surface area contributed by atoms with Crippen LogP contribution in [0.15, 0.2) is 18.6 Å². The summed E-state index contributed by atoms with van der Waals surface area (Å²) in [6, 6.07) is 2.29. The van der Waals surface area contributed by atoms with E-state index in [1.807, 2.05) is 35.8 Å². The molecule has 2 aromatic rings. The molecule has 1 saturated heterocycles. The van der Waals surface area contributed by atoms with E-state index in [-0.39, 0.29) is 12.1 Å². The summed E-state index contributed by atoms with van der Waals surface area (Å²) < 4.78 is 7.64. The van der Waals surface area contributed by atoms with Gasteiger partial charge in [0.05, 0.1) is 5.39 Å². The van der Waals surface area contributed by atoms with Crippen molar-refractivity contribution < 1.29 is 9.53 Å². The van der Waals surface area contributed by atoms with Crippen LogP contribution in [-0.2, 0) is 4.74 Å². The summed E-state index contributed by atoms with van der Waals surface area (Å²) in [7, 11) is 1.59. The minimum Gasteiger partial charge on any atom is -0.444 e. The number of carbonyl (C=O) groups is 1. The largest absolute Gasteiger partial charge is 0.444 e. The third kappa shape index (κ3) is 4.84. The quantitative estimate of drug-likeness (QED) is 0.527. The Balaban J connectivity index is 1.86. The molecular formula is C19H28IN5O2S. The van der Waals surface area contributed by atoms with Crippen molar-refractivity contribution in [2.45, 2.75) is 58.6 Å². The highest BCUT2D eigenvalue weighted by atomic mass is 127. The zero-order valence-corrected chi connectivity index (χ0v) is 19.9. The number of fused-ring (bicyclic) bond motifs is 1. The average molecular weight is 517 g/mol. The van der Waals surface area contributed by atoms with Crippen LogP contribution in [0.3, 0.4) is 0 Å². The molecule has 2 aromatic heterocycles. The Bertz CT molecular complexity index is 822. The van der Waals surface area contributed by atoms with Gasteiger partial charge in [0, 0.05) is 62.2 Å². The van der Waals surface area contributed by atoms with Gasteiger partial charge in [-0.25, -0.2) is 14.8 Å². The average Bonchev–Trinajstić information content (AvgIpc) is 3.08. The van der Waals surface area contributed by atoms with Gasteiger partial charge in [-0.1, -0.05) is 6.92 Å². The maximum absolute atomic E-state index is 12.6. The summed E-state index contributed by atoms with van der Waals surface area (Å²) in [6.07, 6.45) is 6.44. The van der Waals surface area contributed by atoms with Crippen LogP contribution in [0.4, 0.5) is 10.6 Å². The van der Waals surface area contributed by atoms with E-state index in [0.29, 0.717) is 6.54 Å². The number of ether oxygens (including phenoxy) is 1. The molecule has 3 rings (SSSR count). The van der Waals surface area contributed by atoms with Crippen LogP contribution in [0, 0.1) is 0 Å². The van der Waals surface area contributed by atoms with Gasteiger partial charge >= 0.3 is 6.09 Å². The summed E-state index contributed by atoms with van der Waals surface area (Å²) >= 11 is 2.25. The fourth-order valence-corrected chi connectivity index (χ4v) is 4.87. The Morgan fingerprint density at radius 1 is 1.43 bits per heavy atom. The molecule has 7 nitrogen and oxygen atoms in total. The van der Waals surface area contributed by atoms with Crippen LogP contribution in [0.1, 0.15) is 47.0 Å². The van der Waals surface area contributed by atoms with Gasteiger partial charge in [0.2, 0.25) is 0 Å². The molecule has 1 aliphatic rings. The first-order valence-corrected chi connectivity index (χ1v) is 13.0. The second-order valence-electron chi connectivity index (χ2n) is 8.06. The third-order valence-corrected chi connectivity index (χ3v) is 6.44. The van der Waals surface area contributed by atoms with E-state index in [2.05, 4.69) is 49.1 Å². The molecule has 1 amide bonds. The summed E-state index contributed by atoms with van der Waals surface area (Å²) in [5, 5.41) is 1.05. The molecule has 1 atom stereocenters. The van der Waals surface area contributed by atoms with Crippen molar-refractivity contribution in [3.8, 4) is 0 Å². The predicted molar refractivity (Wildman–Crippen MR) is 123 cm³/mol. The molecular weight excluding hydrogens is 489 g/mol. The molecule has 1 aliphatic heterocycles. The summed E-state index contributed by atoms with van der Waals surface area (Å²) in [4.78, 5) is 25.9. The lowest BCUT2D eigenvalue weighted by Gasteiger charge is -2.40. The molecule has 154 valence electrons. The van der Waals surface area contributed by atoms with Crippen LogP contribution >= 0.6 is 30.3 Å². The van der Waals surface area contributed by atoms with Gasteiger partial charge in [0.15, 0.2) is 5.65 Å². The molecule has 0 spiro atoms. The molecule has 9 heteroatoms. The standard InChI is InChI=1S/C19H28IN5O2S/c1-5-9-24(16-15-8-11-25(28-20)17(15)22-13-21-16)14-7-6-10-23(12-14)18(26)27-19(2,3)4/h8,11,13-14H,5-7,9-10,12H2,1-4H3. The Kier molecular flexibility index (Phi) is 6.95. The predicted octanol–water partition coefficient (Wildman–Crippen LogP) is 4.89. The molecule has 0 saturated carbocycles. The van der Waals surface area contributed by atoms with Gasteiger partial charge in [-0.15, -0.1) is 0 Å². The molecule has 0 bridgehead atoms. The van der Waals surface area contributed by atoms with Crippen LogP contribution in [0.2, 0.25) is 0 Å². The van der Waals surface area contributed by atoms with Gasteiger partial charge in [-0.3, -0.25) is 3.97 Å². The number of piperidine rings is 1. The number of amides is 1. The lowest BCUT2D eigenvalue weighted by Crippen LogP contribution is -2.51. The summed E-state index contributed by atoms with van der Waals surface area (Å²) in [5.74, 6) is 0.951. The van der Waals surface area contributed by atoms with Crippen molar-refractivity contribution in [2.75, 3.05) is 24.5 Å². The molecule has 0 radical (unpaired) electrons. The van der Waals surface area contributed by atoms with E-state index in [0.717, 1.165) is 49.2 Å². The lowest BCUT2D eigenvalue weighted by atomic mass is 10.0. The molecule has 1 unspecified atom stereocenters. The third-order valence-electron chi connectivity index (χ3n) is 4.73. The molecule has 28 heavy (non-hydrogen) atoms. The first-order valence-electron chi connectivity index (χ1n) is 9.69. The molecule has 0 aliphatic carbocycles. The second kappa shape index (κ2) is 9.06. The minimum atomic E-state index is -0.480. The van der Waals surface area contributed by atoms with Crippen LogP contribution < -0.4 is 4.90 Å². The zero-order chi connectivity index (χ0) is 20.3. The maximum Gasteiger partial charge on any atom is 0.410 e. The number of hydrogen-bond acceptors (Lipinski definition) is 6. The van der Waals surface area contributed by atoms with E-state index in [1.165, 1.54) is 0 Å². The van der Waals surface area contributed by atoms with E-state index in [1.54, 1.807) is 15.4 Å². The lowest BCUT2D eigenvalue weighted by molar-refractivity contribution is 0.0197. The van der Waals surface area contributed by atoms with E-state index >= 15 is 0 Å². The van der Waals surface area contributed by atoms with Crippen molar-refractivity contribution in [3.63, 3.8) is 0 Å². The molecule has 0 aromatic carbocycles. The van der Waals surface area contributed by atoms with Gasteiger partial charge in [0.1, 0.15) is 17.7 Å². The number of aromatic nitrogens is 3. The Labute approximate surface area is 182 Å². The Morgan fingerprint density at radius 2 is 2.21 bits per heavy atom. The van der Waals surface area contributed by atoms with E-state index in [4.69, 9.17) is 4.74 Å². The number of anilines is 1.